The van der Waals surface area contributed by atoms with Gasteiger partial charge in [0.25, 0.3) is 0 Å². The molecule has 0 aliphatic rings. The highest BCUT2D eigenvalue weighted by atomic mass is 31.2. The van der Waals surface area contributed by atoms with Crippen molar-refractivity contribution in [3.63, 3.8) is 0 Å². The maximum Gasteiger partial charge on any atom is 0.472 e. The van der Waals surface area contributed by atoms with Crippen molar-refractivity contribution >= 4 is 13.7 Å². The van der Waals surface area contributed by atoms with Crippen LogP contribution in [0.2, 0.25) is 0 Å². The smallest absolute Gasteiger partial charge is 0.387 e. The van der Waals surface area contributed by atoms with E-state index in [1.807, 2.05) is 27.2 Å². The van der Waals surface area contributed by atoms with E-state index < -0.39 is 20.0 Å². The second-order valence-corrected chi connectivity index (χ2v) is 25.7. The van der Waals surface area contributed by atoms with E-state index in [0.717, 1.165) is 38.5 Å². The largest absolute Gasteiger partial charge is 0.472 e. The number of carbonyl (C=O) groups excluding carboxylic acids is 1. The molecule has 0 aromatic rings. The van der Waals surface area contributed by atoms with E-state index in [4.69, 9.17) is 9.05 Å². The van der Waals surface area contributed by atoms with Crippen LogP contribution in [0, 0.1) is 0 Å². The van der Waals surface area contributed by atoms with Crippen LogP contribution in [0.1, 0.15) is 341 Å². The van der Waals surface area contributed by atoms with Crippen LogP contribution >= 0.6 is 7.82 Å². The maximum atomic E-state index is 13.0. The van der Waals surface area contributed by atoms with Gasteiger partial charge in [-0.15, -0.1) is 0 Å². The van der Waals surface area contributed by atoms with E-state index in [9.17, 15) is 19.4 Å². The lowest BCUT2D eigenvalue weighted by Gasteiger charge is -2.25. The molecule has 3 N–H and O–H groups in total. The zero-order chi connectivity index (χ0) is 54.9. The molecule has 0 rings (SSSR count). The Bertz CT molecular complexity index is 1270. The molecule has 1 amide bonds. The Morgan fingerprint density at radius 2 is 0.733 bits per heavy atom. The molecular weight excluding hydrogens is 948 g/mol. The molecule has 0 aliphatic carbocycles. The van der Waals surface area contributed by atoms with Crippen molar-refractivity contribution in [3.8, 4) is 0 Å². The van der Waals surface area contributed by atoms with Crippen LogP contribution in [-0.4, -0.2) is 73.4 Å². The topological polar surface area (TPSA) is 105 Å². The molecule has 0 bridgehead atoms. The summed E-state index contributed by atoms with van der Waals surface area (Å²) in [6.45, 7) is 4.86. The van der Waals surface area contributed by atoms with Crippen molar-refractivity contribution in [3.05, 3.63) is 24.3 Å². The Morgan fingerprint density at radius 1 is 0.440 bits per heavy atom. The molecule has 0 spiro atoms. The Morgan fingerprint density at radius 3 is 1.07 bits per heavy atom. The second kappa shape index (κ2) is 57.7. The number of rotatable bonds is 62. The molecular formula is C66H132N2O6P+. The number of hydrogen-bond donors (Lipinski definition) is 3. The Kier molecular flexibility index (Phi) is 56.9. The van der Waals surface area contributed by atoms with E-state index in [1.54, 1.807) is 6.08 Å². The Balaban J connectivity index is 4.11. The molecule has 9 heteroatoms. The number of hydrogen-bond acceptors (Lipinski definition) is 5. The zero-order valence-corrected chi connectivity index (χ0v) is 52.0. The number of nitrogens with one attached hydrogen (secondary N) is 1. The quantitative estimate of drug-likeness (QED) is 0.0243. The van der Waals surface area contributed by atoms with Gasteiger partial charge in [-0.2, -0.15) is 0 Å². The van der Waals surface area contributed by atoms with E-state index in [2.05, 4.69) is 31.3 Å². The SMILES string of the molecule is CCCCCCCCCCCCCCCCCCCCCC/C=C/CC/C=C/C(O)C(COP(=O)(O)OCC[N+](C)(C)C)NC(=O)CCCCCCCCCCCCCCCCCCCCCCCCCCCCC. The van der Waals surface area contributed by atoms with Crippen molar-refractivity contribution in [1.82, 2.24) is 5.32 Å². The molecule has 0 heterocycles. The number of phosphoric ester groups is 1. The van der Waals surface area contributed by atoms with E-state index in [-0.39, 0.29) is 19.1 Å². The summed E-state index contributed by atoms with van der Waals surface area (Å²) in [6, 6.07) is -0.861. The normalized spacial score (nSPS) is 13.9. The first-order valence-electron chi connectivity index (χ1n) is 33.2. The minimum atomic E-state index is -4.36. The van der Waals surface area contributed by atoms with Gasteiger partial charge in [-0.25, -0.2) is 4.57 Å². The third-order valence-electron chi connectivity index (χ3n) is 15.4. The van der Waals surface area contributed by atoms with Crippen LogP contribution in [-0.2, 0) is 18.4 Å². The molecule has 446 valence electrons. The van der Waals surface area contributed by atoms with Crippen LogP contribution in [0.15, 0.2) is 24.3 Å². The van der Waals surface area contributed by atoms with Gasteiger partial charge >= 0.3 is 7.82 Å². The fourth-order valence-electron chi connectivity index (χ4n) is 10.2. The summed E-state index contributed by atoms with van der Waals surface area (Å²) in [5, 5.41) is 14.0. The van der Waals surface area contributed by atoms with Crippen LogP contribution < -0.4 is 5.32 Å². The molecule has 3 unspecified atom stereocenters. The fourth-order valence-corrected chi connectivity index (χ4v) is 11.0. The van der Waals surface area contributed by atoms with Crippen LogP contribution in [0.4, 0.5) is 0 Å². The van der Waals surface area contributed by atoms with Crippen molar-refractivity contribution in [2.24, 2.45) is 0 Å². The number of aliphatic hydroxyl groups excluding tert-OH is 1. The lowest BCUT2D eigenvalue weighted by Crippen LogP contribution is -2.45. The molecule has 0 fully saturated rings. The third-order valence-corrected chi connectivity index (χ3v) is 16.4. The summed E-state index contributed by atoms with van der Waals surface area (Å²) in [6.07, 6.45) is 74.6. The van der Waals surface area contributed by atoms with E-state index >= 15 is 0 Å². The van der Waals surface area contributed by atoms with Crippen LogP contribution in [0.3, 0.4) is 0 Å². The minimum absolute atomic E-state index is 0.0590. The monoisotopic (exact) mass is 1080 g/mol. The number of aliphatic hydroxyl groups is 1. The molecule has 0 aliphatic heterocycles. The molecule has 0 saturated heterocycles. The van der Waals surface area contributed by atoms with Crippen molar-refractivity contribution in [1.29, 1.82) is 0 Å². The standard InChI is InChI=1S/C66H131N2O6P/c1-6-8-10-12-14-16-18-20-22-24-26-28-30-32-34-36-38-40-42-44-46-48-50-52-54-56-58-60-66(70)67-64(63-74-75(71,72)73-62-61-68(3,4)5)65(69)59-57-55-53-51-49-47-45-43-41-39-37-35-33-31-29-27-25-23-21-19-17-15-13-11-9-7-2/h49,51,57,59,64-65,69H,6-48,50,52-56,58,60-63H2,1-5H3,(H-,67,70,71,72)/p+1/b51-49+,59-57+. The summed E-state index contributed by atoms with van der Waals surface area (Å²) in [7, 11) is 1.57. The second-order valence-electron chi connectivity index (χ2n) is 24.2. The predicted molar refractivity (Wildman–Crippen MR) is 328 cm³/mol. The minimum Gasteiger partial charge on any atom is -0.387 e. The first kappa shape index (κ1) is 74.0. The molecule has 3 atom stereocenters. The maximum absolute atomic E-state index is 13.0. The van der Waals surface area contributed by atoms with Gasteiger partial charge in [0.2, 0.25) is 5.91 Å². The van der Waals surface area contributed by atoms with Crippen molar-refractivity contribution in [2.75, 3.05) is 40.9 Å². The van der Waals surface area contributed by atoms with Gasteiger partial charge in [-0.3, -0.25) is 13.8 Å². The number of allylic oxidation sites excluding steroid dienone is 3. The van der Waals surface area contributed by atoms with Gasteiger partial charge in [0.1, 0.15) is 13.2 Å². The first-order chi connectivity index (χ1) is 36.5. The van der Waals surface area contributed by atoms with Crippen molar-refractivity contribution in [2.45, 2.75) is 353 Å². The van der Waals surface area contributed by atoms with Gasteiger partial charge in [0.15, 0.2) is 0 Å². The number of likely N-dealkylation sites (N-methyl/N-ethyl adjacent to an activating group) is 1. The highest BCUT2D eigenvalue weighted by Crippen LogP contribution is 2.43. The number of carbonyl (C=O) groups is 1. The average Bonchev–Trinajstić information content (AvgIpc) is 3.37. The highest BCUT2D eigenvalue weighted by molar-refractivity contribution is 7.47. The summed E-state index contributed by atoms with van der Waals surface area (Å²) in [5.41, 5.74) is 0. The number of quaternary nitrogens is 1. The summed E-state index contributed by atoms with van der Waals surface area (Å²) >= 11 is 0. The predicted octanol–water partition coefficient (Wildman–Crippen LogP) is 20.7. The van der Waals surface area contributed by atoms with Crippen LogP contribution in [0.5, 0.6) is 0 Å². The first-order valence-corrected chi connectivity index (χ1v) is 34.7. The number of nitrogens with zero attached hydrogens (tertiary/aromatic N) is 1. The van der Waals surface area contributed by atoms with Crippen molar-refractivity contribution < 1.29 is 32.9 Å². The van der Waals surface area contributed by atoms with Gasteiger partial charge in [-0.05, 0) is 32.1 Å². The Hall–Kier alpha value is -1.02. The molecule has 0 aromatic heterocycles. The lowest BCUT2D eigenvalue weighted by molar-refractivity contribution is -0.870. The van der Waals surface area contributed by atoms with Gasteiger partial charge in [0.05, 0.1) is 39.9 Å². The van der Waals surface area contributed by atoms with Gasteiger partial charge in [0, 0.05) is 6.42 Å². The summed E-state index contributed by atoms with van der Waals surface area (Å²) in [5.74, 6) is -0.178. The summed E-state index contributed by atoms with van der Waals surface area (Å²) < 4.78 is 23.8. The fraction of sp³-hybridized carbons (Fsp3) is 0.924. The molecule has 0 saturated carbocycles. The summed E-state index contributed by atoms with van der Waals surface area (Å²) in [4.78, 5) is 23.4. The lowest BCUT2D eigenvalue weighted by atomic mass is 10.0. The van der Waals surface area contributed by atoms with Gasteiger partial charge in [-0.1, -0.05) is 327 Å². The van der Waals surface area contributed by atoms with E-state index in [1.165, 1.54) is 283 Å². The zero-order valence-electron chi connectivity index (χ0n) is 51.1. The molecule has 0 radical (unpaired) electrons. The highest BCUT2D eigenvalue weighted by Gasteiger charge is 2.28. The van der Waals surface area contributed by atoms with Gasteiger partial charge < -0.3 is 19.8 Å². The number of unbranched alkanes of at least 4 members (excludes halogenated alkanes) is 47. The third kappa shape index (κ3) is 60.5. The average molecular weight is 1080 g/mol. The molecule has 75 heavy (non-hydrogen) atoms. The number of phosphoric acid groups is 1. The molecule has 0 aromatic carbocycles. The van der Waals surface area contributed by atoms with Crippen LogP contribution in [0.25, 0.3) is 0 Å². The Labute approximate surface area is 468 Å². The van der Waals surface area contributed by atoms with E-state index in [0.29, 0.717) is 17.4 Å². The number of amides is 1. The molecule has 8 nitrogen and oxygen atoms in total.